The van der Waals surface area contributed by atoms with Crippen molar-refractivity contribution in [2.75, 3.05) is 0 Å². The first-order chi connectivity index (χ1) is 19.3. The Balaban J connectivity index is 1.36. The van der Waals surface area contributed by atoms with Gasteiger partial charge in [-0.25, -0.2) is 0 Å². The molecule has 0 amide bonds. The molecule has 0 saturated heterocycles. The van der Waals surface area contributed by atoms with Crippen LogP contribution in [-0.2, 0) is 0 Å². The van der Waals surface area contributed by atoms with Crippen LogP contribution in [-0.4, -0.2) is 4.57 Å². The highest BCUT2D eigenvalue weighted by molar-refractivity contribution is 7.26. The van der Waals surface area contributed by atoms with E-state index < -0.39 is 0 Å². The van der Waals surface area contributed by atoms with Gasteiger partial charge in [0.1, 0.15) is 11.2 Å². The molecule has 0 aliphatic rings. The highest BCUT2D eigenvalue weighted by Gasteiger charge is 2.18. The van der Waals surface area contributed by atoms with Crippen molar-refractivity contribution in [3.63, 3.8) is 0 Å². The van der Waals surface area contributed by atoms with Crippen LogP contribution in [0.5, 0.6) is 0 Å². The number of hydrogen-bond acceptors (Lipinski definition) is 2. The second kappa shape index (κ2) is 7.83. The SMILES string of the molecule is c1ccc2c(c1)oc1c(-c3cccc4sc5ccc(-n6c7ccccc7c7ccccc76)cc5c34)cccc12. The third-order valence-corrected chi connectivity index (χ3v) is 9.15. The van der Waals surface area contributed by atoms with Gasteiger partial charge >= 0.3 is 0 Å². The molecule has 0 atom stereocenters. The summed E-state index contributed by atoms with van der Waals surface area (Å²) < 4.78 is 11.4. The van der Waals surface area contributed by atoms with Gasteiger partial charge in [-0.2, -0.15) is 0 Å². The summed E-state index contributed by atoms with van der Waals surface area (Å²) in [4.78, 5) is 0. The molecule has 0 radical (unpaired) electrons. The lowest BCUT2D eigenvalue weighted by Gasteiger charge is -2.09. The number of thiophene rings is 1. The van der Waals surface area contributed by atoms with Crippen LogP contribution < -0.4 is 0 Å². The van der Waals surface area contributed by atoms with Gasteiger partial charge in [-0.15, -0.1) is 11.3 Å². The van der Waals surface area contributed by atoms with Gasteiger partial charge in [0.15, 0.2) is 0 Å². The molecule has 0 fully saturated rings. The maximum absolute atomic E-state index is 6.45. The molecular formula is C36H21NOS. The Kier molecular flexibility index (Phi) is 4.24. The molecule has 0 unspecified atom stereocenters. The van der Waals surface area contributed by atoms with Crippen LogP contribution in [0.25, 0.3) is 80.7 Å². The van der Waals surface area contributed by atoms with E-state index >= 15 is 0 Å². The molecular weight excluding hydrogens is 494 g/mol. The van der Waals surface area contributed by atoms with Crippen molar-refractivity contribution >= 4 is 75.3 Å². The fourth-order valence-electron chi connectivity index (χ4n) is 6.34. The summed E-state index contributed by atoms with van der Waals surface area (Å²) >= 11 is 1.85. The van der Waals surface area contributed by atoms with E-state index in [1.54, 1.807) is 0 Å². The van der Waals surface area contributed by atoms with E-state index in [1.807, 2.05) is 17.4 Å². The second-order valence-electron chi connectivity index (χ2n) is 10.1. The monoisotopic (exact) mass is 515 g/mol. The van der Waals surface area contributed by atoms with Gasteiger partial charge in [0.05, 0.1) is 11.0 Å². The first-order valence-corrected chi connectivity index (χ1v) is 14.0. The summed E-state index contributed by atoms with van der Waals surface area (Å²) in [6.45, 7) is 0. The number of aromatic nitrogens is 1. The van der Waals surface area contributed by atoms with Crippen molar-refractivity contribution in [2.24, 2.45) is 0 Å². The van der Waals surface area contributed by atoms with Crippen LogP contribution in [0.1, 0.15) is 0 Å². The summed E-state index contributed by atoms with van der Waals surface area (Å²) in [6.07, 6.45) is 0. The Hall–Kier alpha value is -4.86. The maximum Gasteiger partial charge on any atom is 0.143 e. The standard InChI is InChI=1S/C36H21NOS/c1-4-15-30-23(9-1)24-10-2-5-16-31(24)37(30)22-19-20-33-29(21-22)35-26(12-8-18-34(35)39-33)28-14-7-13-27-25-11-3-6-17-32(25)38-36(27)28/h1-21H. The number of para-hydroxylation sites is 4. The molecule has 0 aliphatic carbocycles. The largest absolute Gasteiger partial charge is 0.455 e. The average Bonchev–Trinajstić information content (AvgIpc) is 3.66. The van der Waals surface area contributed by atoms with Crippen molar-refractivity contribution in [3.8, 4) is 16.8 Å². The van der Waals surface area contributed by atoms with Gasteiger partial charge in [0.25, 0.3) is 0 Å². The Labute approximate surface area is 227 Å². The fourth-order valence-corrected chi connectivity index (χ4v) is 7.45. The number of fused-ring (bicyclic) bond motifs is 9. The molecule has 0 saturated carbocycles. The van der Waals surface area contributed by atoms with E-state index in [4.69, 9.17) is 4.42 Å². The average molecular weight is 516 g/mol. The fraction of sp³-hybridized carbons (Fsp3) is 0. The molecule has 0 spiro atoms. The quantitative estimate of drug-likeness (QED) is 0.224. The van der Waals surface area contributed by atoms with Crippen LogP contribution in [0.2, 0.25) is 0 Å². The van der Waals surface area contributed by atoms with Crippen LogP contribution in [0, 0.1) is 0 Å². The lowest BCUT2D eigenvalue weighted by Crippen LogP contribution is -1.93. The van der Waals surface area contributed by atoms with E-state index in [0.29, 0.717) is 0 Å². The molecule has 0 bridgehead atoms. The Morgan fingerprint density at radius 3 is 1.97 bits per heavy atom. The molecule has 182 valence electrons. The number of furan rings is 1. The molecule has 9 aromatic rings. The van der Waals surface area contributed by atoms with Gasteiger partial charge < -0.3 is 8.98 Å². The molecule has 3 aromatic heterocycles. The minimum atomic E-state index is 0.927. The zero-order valence-corrected chi connectivity index (χ0v) is 21.7. The minimum absolute atomic E-state index is 0.927. The molecule has 0 aliphatic heterocycles. The second-order valence-corrected chi connectivity index (χ2v) is 11.2. The predicted molar refractivity (Wildman–Crippen MR) is 166 cm³/mol. The highest BCUT2D eigenvalue weighted by atomic mass is 32.1. The predicted octanol–water partition coefficient (Wildman–Crippen LogP) is 10.7. The smallest absolute Gasteiger partial charge is 0.143 e. The van der Waals surface area contributed by atoms with Crippen LogP contribution in [0.15, 0.2) is 132 Å². The zero-order chi connectivity index (χ0) is 25.5. The Morgan fingerprint density at radius 2 is 1.15 bits per heavy atom. The van der Waals surface area contributed by atoms with Crippen molar-refractivity contribution in [3.05, 3.63) is 127 Å². The molecule has 9 rings (SSSR count). The van der Waals surface area contributed by atoms with E-state index in [1.165, 1.54) is 53.2 Å². The van der Waals surface area contributed by atoms with E-state index in [0.717, 1.165) is 27.5 Å². The number of rotatable bonds is 2. The van der Waals surface area contributed by atoms with Gasteiger partial charge in [0, 0.05) is 53.0 Å². The van der Waals surface area contributed by atoms with E-state index in [9.17, 15) is 0 Å². The summed E-state index contributed by atoms with van der Waals surface area (Å²) in [7, 11) is 0. The molecule has 39 heavy (non-hydrogen) atoms. The lowest BCUT2D eigenvalue weighted by molar-refractivity contribution is 0.670. The zero-order valence-electron chi connectivity index (χ0n) is 20.9. The Morgan fingerprint density at radius 1 is 0.487 bits per heavy atom. The van der Waals surface area contributed by atoms with Gasteiger partial charge in [-0.3, -0.25) is 0 Å². The van der Waals surface area contributed by atoms with Crippen molar-refractivity contribution in [1.82, 2.24) is 4.57 Å². The van der Waals surface area contributed by atoms with Crippen molar-refractivity contribution < 1.29 is 4.42 Å². The number of benzene rings is 6. The molecule has 0 N–H and O–H groups in total. The third kappa shape index (κ3) is 2.91. The lowest BCUT2D eigenvalue weighted by atomic mass is 9.97. The molecule has 3 heterocycles. The highest BCUT2D eigenvalue weighted by Crippen LogP contribution is 2.44. The molecule has 2 nitrogen and oxygen atoms in total. The van der Waals surface area contributed by atoms with Crippen LogP contribution in [0.4, 0.5) is 0 Å². The minimum Gasteiger partial charge on any atom is -0.455 e. The van der Waals surface area contributed by atoms with Gasteiger partial charge in [-0.1, -0.05) is 84.9 Å². The summed E-state index contributed by atoms with van der Waals surface area (Å²) in [6, 6.07) is 45.8. The van der Waals surface area contributed by atoms with Crippen molar-refractivity contribution in [1.29, 1.82) is 0 Å². The summed E-state index contributed by atoms with van der Waals surface area (Å²) in [5.74, 6) is 0. The normalized spacial score (nSPS) is 12.1. The molecule has 3 heteroatoms. The third-order valence-electron chi connectivity index (χ3n) is 8.01. The maximum atomic E-state index is 6.45. The Bertz CT molecular complexity index is 2350. The van der Waals surface area contributed by atoms with Crippen LogP contribution >= 0.6 is 11.3 Å². The van der Waals surface area contributed by atoms with Gasteiger partial charge in [-0.05, 0) is 48.0 Å². The first-order valence-electron chi connectivity index (χ1n) is 13.2. The van der Waals surface area contributed by atoms with Crippen LogP contribution in [0.3, 0.4) is 0 Å². The summed E-state index contributed by atoms with van der Waals surface area (Å²) in [5.41, 5.74) is 7.85. The first kappa shape index (κ1) is 21.1. The van der Waals surface area contributed by atoms with E-state index in [-0.39, 0.29) is 0 Å². The number of nitrogens with zero attached hydrogens (tertiary/aromatic N) is 1. The number of hydrogen-bond donors (Lipinski definition) is 0. The van der Waals surface area contributed by atoms with E-state index in [2.05, 4.69) is 126 Å². The summed E-state index contributed by atoms with van der Waals surface area (Å²) in [5, 5.41) is 7.43. The van der Waals surface area contributed by atoms with Gasteiger partial charge in [0.2, 0.25) is 0 Å². The topological polar surface area (TPSA) is 18.1 Å². The molecule has 6 aromatic carbocycles. The van der Waals surface area contributed by atoms with Crippen molar-refractivity contribution in [2.45, 2.75) is 0 Å².